The first-order chi connectivity index (χ1) is 9.58. The molecule has 0 radical (unpaired) electrons. The first-order valence-electron chi connectivity index (χ1n) is 6.66. The van der Waals surface area contributed by atoms with E-state index < -0.39 is 11.9 Å². The van der Waals surface area contributed by atoms with Crippen molar-refractivity contribution in [2.75, 3.05) is 18.5 Å². The number of nitrogens with zero attached hydrogens (tertiary/aromatic N) is 1. The number of aliphatic carboxylic acids is 1. The summed E-state index contributed by atoms with van der Waals surface area (Å²) in [6.45, 7) is 4.41. The number of aromatic nitrogens is 1. The normalized spacial score (nSPS) is 11.7. The number of pyridine rings is 1. The van der Waals surface area contributed by atoms with Crippen molar-refractivity contribution in [2.45, 2.75) is 26.7 Å². The van der Waals surface area contributed by atoms with Crippen molar-refractivity contribution >= 4 is 17.8 Å². The first kappa shape index (κ1) is 15.9. The van der Waals surface area contributed by atoms with Crippen LogP contribution < -0.4 is 5.32 Å². The van der Waals surface area contributed by atoms with Gasteiger partial charge in [0.2, 0.25) is 0 Å². The molecule has 6 nitrogen and oxygen atoms in total. The molecule has 0 aliphatic carbocycles. The molecular formula is C14H20N2O4. The van der Waals surface area contributed by atoms with Gasteiger partial charge in [-0.25, -0.2) is 9.78 Å². The largest absolute Gasteiger partial charge is 0.481 e. The van der Waals surface area contributed by atoms with Gasteiger partial charge in [-0.05, 0) is 25.0 Å². The van der Waals surface area contributed by atoms with Gasteiger partial charge in [0.05, 0.1) is 6.61 Å². The highest BCUT2D eigenvalue weighted by Crippen LogP contribution is 2.15. The van der Waals surface area contributed by atoms with E-state index in [1.54, 1.807) is 25.3 Å². The molecule has 0 bridgehead atoms. The number of nitrogens with one attached hydrogen (secondary N) is 1. The molecule has 1 aromatic rings. The molecule has 1 unspecified atom stereocenters. The predicted octanol–water partition coefficient (Wildman–Crippen LogP) is 2.17. The van der Waals surface area contributed by atoms with Crippen LogP contribution in [-0.2, 0) is 9.53 Å². The van der Waals surface area contributed by atoms with Gasteiger partial charge in [0.15, 0.2) is 0 Å². The number of carboxylic acid groups (broad SMARTS) is 1. The molecule has 0 fully saturated rings. The molecular weight excluding hydrogens is 260 g/mol. The summed E-state index contributed by atoms with van der Waals surface area (Å²) in [5.74, 6) is -0.848. The van der Waals surface area contributed by atoms with Crippen molar-refractivity contribution in [3.8, 4) is 0 Å². The van der Waals surface area contributed by atoms with Crippen LogP contribution in [0.3, 0.4) is 0 Å². The van der Waals surface area contributed by atoms with Crippen LogP contribution in [0.15, 0.2) is 18.3 Å². The van der Waals surface area contributed by atoms with E-state index >= 15 is 0 Å². The summed E-state index contributed by atoms with van der Waals surface area (Å²) < 4.78 is 4.95. The van der Waals surface area contributed by atoms with E-state index in [4.69, 9.17) is 9.84 Å². The maximum absolute atomic E-state index is 11.8. The fraction of sp³-hybridized carbons (Fsp3) is 0.500. The van der Waals surface area contributed by atoms with Crippen molar-refractivity contribution in [1.29, 1.82) is 0 Å². The lowest BCUT2D eigenvalue weighted by atomic mass is 10.0. The Bertz CT molecular complexity index is 462. The van der Waals surface area contributed by atoms with E-state index in [9.17, 15) is 9.59 Å². The Morgan fingerprint density at radius 3 is 2.80 bits per heavy atom. The number of carbonyl (C=O) groups is 2. The van der Waals surface area contributed by atoms with Crippen LogP contribution in [0.1, 0.15) is 37.0 Å². The number of hydrogen-bond acceptors (Lipinski definition) is 5. The second-order valence-corrected chi connectivity index (χ2v) is 4.37. The summed E-state index contributed by atoms with van der Waals surface area (Å²) in [5, 5.41) is 11.8. The molecule has 0 saturated carbocycles. The van der Waals surface area contributed by atoms with Crippen LogP contribution in [-0.4, -0.2) is 35.2 Å². The van der Waals surface area contributed by atoms with Crippen LogP contribution >= 0.6 is 0 Å². The summed E-state index contributed by atoms with van der Waals surface area (Å²) in [7, 11) is 0. The lowest BCUT2D eigenvalue weighted by Gasteiger charge is -2.15. The Labute approximate surface area is 118 Å². The maximum Gasteiger partial charge on any atom is 0.341 e. The van der Waals surface area contributed by atoms with Gasteiger partial charge in [0.1, 0.15) is 11.4 Å². The van der Waals surface area contributed by atoms with Gasteiger partial charge in [-0.1, -0.05) is 13.3 Å². The summed E-state index contributed by atoms with van der Waals surface area (Å²) in [5.41, 5.74) is 0.361. The summed E-state index contributed by atoms with van der Waals surface area (Å²) in [6, 6.07) is 3.29. The fourth-order valence-corrected chi connectivity index (χ4v) is 1.77. The molecule has 1 aromatic heterocycles. The fourth-order valence-electron chi connectivity index (χ4n) is 1.77. The molecule has 1 heterocycles. The molecule has 110 valence electrons. The number of rotatable bonds is 8. The minimum absolute atomic E-state index is 0.00967. The third-order valence-electron chi connectivity index (χ3n) is 2.90. The number of ether oxygens (including phenoxy) is 1. The highest BCUT2D eigenvalue weighted by atomic mass is 16.5. The number of esters is 1. The van der Waals surface area contributed by atoms with Crippen LogP contribution in [0.5, 0.6) is 0 Å². The molecule has 20 heavy (non-hydrogen) atoms. The Balaban J connectivity index is 2.72. The predicted molar refractivity (Wildman–Crippen MR) is 74.7 cm³/mol. The molecule has 2 N–H and O–H groups in total. The van der Waals surface area contributed by atoms with Crippen LogP contribution in [0.4, 0.5) is 5.82 Å². The molecule has 0 saturated heterocycles. The van der Waals surface area contributed by atoms with Crippen LogP contribution in [0, 0.1) is 5.92 Å². The topological polar surface area (TPSA) is 88.5 Å². The molecule has 1 rings (SSSR count). The molecule has 0 spiro atoms. The minimum Gasteiger partial charge on any atom is -0.481 e. The zero-order valence-corrected chi connectivity index (χ0v) is 11.8. The zero-order chi connectivity index (χ0) is 15.0. The van der Waals surface area contributed by atoms with Gasteiger partial charge in [-0.2, -0.15) is 0 Å². The average Bonchev–Trinajstić information content (AvgIpc) is 2.43. The van der Waals surface area contributed by atoms with Gasteiger partial charge >= 0.3 is 11.9 Å². The van der Waals surface area contributed by atoms with E-state index in [0.29, 0.717) is 24.5 Å². The van der Waals surface area contributed by atoms with Crippen molar-refractivity contribution < 1.29 is 19.4 Å². The SMILES string of the molecule is CCOC(=O)c1cccnc1NCC(CC)CC(=O)O. The quantitative estimate of drug-likeness (QED) is 0.709. The molecule has 6 heteroatoms. The van der Waals surface area contributed by atoms with Crippen molar-refractivity contribution in [2.24, 2.45) is 5.92 Å². The molecule has 0 aliphatic heterocycles. The van der Waals surface area contributed by atoms with Gasteiger partial charge < -0.3 is 15.2 Å². The van der Waals surface area contributed by atoms with Crippen LogP contribution in [0.2, 0.25) is 0 Å². The number of carboxylic acids is 1. The Kier molecular flexibility index (Phi) is 6.49. The molecule has 1 atom stereocenters. The van der Waals surface area contributed by atoms with E-state index in [2.05, 4.69) is 10.3 Å². The maximum atomic E-state index is 11.8. The summed E-state index contributed by atoms with van der Waals surface area (Å²) in [4.78, 5) is 26.6. The average molecular weight is 280 g/mol. The van der Waals surface area contributed by atoms with Gasteiger partial charge in [-0.15, -0.1) is 0 Å². The monoisotopic (exact) mass is 280 g/mol. The summed E-state index contributed by atoms with van der Waals surface area (Å²) in [6.07, 6.45) is 2.40. The third-order valence-corrected chi connectivity index (χ3v) is 2.90. The standard InChI is InChI=1S/C14H20N2O4/c1-3-10(8-12(17)18)9-16-13-11(6-5-7-15-13)14(19)20-4-2/h5-7,10H,3-4,8-9H2,1-2H3,(H,15,16)(H,17,18). The lowest BCUT2D eigenvalue weighted by Crippen LogP contribution is -2.19. The van der Waals surface area contributed by atoms with Crippen molar-refractivity contribution in [3.05, 3.63) is 23.9 Å². The number of anilines is 1. The number of carbonyl (C=O) groups excluding carboxylic acids is 1. The van der Waals surface area contributed by atoms with Crippen molar-refractivity contribution in [1.82, 2.24) is 4.98 Å². The van der Waals surface area contributed by atoms with E-state index in [1.165, 1.54) is 0 Å². The minimum atomic E-state index is -0.828. The Hall–Kier alpha value is -2.11. The van der Waals surface area contributed by atoms with Crippen LogP contribution in [0.25, 0.3) is 0 Å². The van der Waals surface area contributed by atoms with E-state index in [1.807, 2.05) is 6.92 Å². The van der Waals surface area contributed by atoms with Gasteiger partial charge in [0, 0.05) is 19.2 Å². The summed E-state index contributed by atoms with van der Waals surface area (Å²) >= 11 is 0. The Morgan fingerprint density at radius 1 is 1.45 bits per heavy atom. The second kappa shape index (κ2) is 8.14. The highest BCUT2D eigenvalue weighted by Gasteiger charge is 2.15. The lowest BCUT2D eigenvalue weighted by molar-refractivity contribution is -0.138. The van der Waals surface area contributed by atoms with Crippen molar-refractivity contribution in [3.63, 3.8) is 0 Å². The highest BCUT2D eigenvalue weighted by molar-refractivity contribution is 5.94. The van der Waals surface area contributed by atoms with E-state index in [0.717, 1.165) is 6.42 Å². The Morgan fingerprint density at radius 2 is 2.20 bits per heavy atom. The zero-order valence-electron chi connectivity index (χ0n) is 11.8. The molecule has 0 amide bonds. The van der Waals surface area contributed by atoms with Gasteiger partial charge in [-0.3, -0.25) is 4.79 Å². The second-order valence-electron chi connectivity index (χ2n) is 4.37. The molecule has 0 aliphatic rings. The van der Waals surface area contributed by atoms with Gasteiger partial charge in [0.25, 0.3) is 0 Å². The first-order valence-corrected chi connectivity index (χ1v) is 6.66. The molecule has 0 aromatic carbocycles. The third kappa shape index (κ3) is 4.87. The van der Waals surface area contributed by atoms with E-state index in [-0.39, 0.29) is 12.3 Å². The number of hydrogen-bond donors (Lipinski definition) is 2. The smallest absolute Gasteiger partial charge is 0.341 e.